The van der Waals surface area contributed by atoms with E-state index in [2.05, 4.69) is 9.98 Å². The summed E-state index contributed by atoms with van der Waals surface area (Å²) in [5.41, 5.74) is 2.17. The van der Waals surface area contributed by atoms with Crippen LogP contribution in [0, 0.1) is 0 Å². The van der Waals surface area contributed by atoms with Crippen LogP contribution in [0.15, 0.2) is 46.1 Å². The maximum Gasteiger partial charge on any atom is 0.0992 e. The van der Waals surface area contributed by atoms with E-state index in [-0.39, 0.29) is 0 Å². The maximum absolute atomic E-state index is 6.33. The van der Waals surface area contributed by atoms with E-state index in [4.69, 9.17) is 23.2 Å². The minimum Gasteiger partial charge on any atom is -0.303 e. The Morgan fingerprint density at radius 1 is 1.45 bits per heavy atom. The van der Waals surface area contributed by atoms with Gasteiger partial charge in [0.2, 0.25) is 0 Å². The Hall–Kier alpha value is -0.880. The maximum atomic E-state index is 6.33. The Labute approximate surface area is 147 Å². The fourth-order valence-electron chi connectivity index (χ4n) is 2.15. The van der Waals surface area contributed by atoms with Crippen LogP contribution in [0.4, 0.5) is 0 Å². The van der Waals surface area contributed by atoms with Crippen molar-refractivity contribution in [2.45, 2.75) is 5.25 Å². The lowest BCUT2D eigenvalue weighted by Crippen LogP contribution is -1.96. The second-order valence-corrected chi connectivity index (χ2v) is 7.96. The third-order valence-electron chi connectivity index (χ3n) is 3.17. The quantitative estimate of drug-likeness (QED) is 0.693. The van der Waals surface area contributed by atoms with Gasteiger partial charge in [-0.25, -0.2) is 4.98 Å². The first kappa shape index (κ1) is 16.0. The molecule has 1 fully saturated rings. The molecule has 0 radical (unpaired) electrons. The Morgan fingerprint density at radius 2 is 2.32 bits per heavy atom. The summed E-state index contributed by atoms with van der Waals surface area (Å²) in [5, 5.41) is 1.70. The van der Waals surface area contributed by atoms with Crippen molar-refractivity contribution in [1.29, 1.82) is 0 Å². The molecule has 0 bridgehead atoms. The monoisotopic (exact) mass is 369 g/mol. The molecular weight excluding hydrogens is 357 g/mol. The van der Waals surface area contributed by atoms with Crippen LogP contribution in [0.25, 0.3) is 5.70 Å². The summed E-state index contributed by atoms with van der Waals surface area (Å²) in [6.45, 7) is 0. The predicted octanol–water partition coefficient (Wildman–Crippen LogP) is 5.24. The summed E-state index contributed by atoms with van der Waals surface area (Å²) >= 11 is 15.9. The summed E-state index contributed by atoms with van der Waals surface area (Å²) in [6, 6.07) is 5.70. The fraction of sp³-hybridized carbons (Fsp3) is 0.200. The van der Waals surface area contributed by atoms with E-state index in [1.807, 2.05) is 40.9 Å². The van der Waals surface area contributed by atoms with Crippen LogP contribution >= 0.6 is 46.7 Å². The van der Waals surface area contributed by atoms with E-state index in [9.17, 15) is 0 Å². The number of benzene rings is 1. The first-order valence-corrected chi connectivity index (χ1v) is 9.20. The van der Waals surface area contributed by atoms with Gasteiger partial charge >= 0.3 is 0 Å². The number of rotatable bonds is 3. The molecule has 7 heteroatoms. The van der Waals surface area contributed by atoms with Gasteiger partial charge in [0.1, 0.15) is 0 Å². The van der Waals surface area contributed by atoms with Gasteiger partial charge in [-0.15, -0.1) is 23.5 Å². The van der Waals surface area contributed by atoms with Crippen molar-refractivity contribution < 1.29 is 0 Å². The Bertz CT molecular complexity index is 726. The molecule has 22 heavy (non-hydrogen) atoms. The van der Waals surface area contributed by atoms with E-state index in [0.717, 1.165) is 22.0 Å². The smallest absolute Gasteiger partial charge is 0.0992 e. The molecule has 1 aliphatic rings. The molecule has 1 aliphatic heterocycles. The highest BCUT2D eigenvalue weighted by molar-refractivity contribution is 8.25. The number of thioether (sulfide) groups is 2. The molecule has 0 amide bonds. The molecular formula is C15H13Cl2N3S2. The molecule has 3 nitrogen and oxygen atoms in total. The fourth-order valence-corrected chi connectivity index (χ4v) is 5.71. The van der Waals surface area contributed by atoms with Crippen molar-refractivity contribution in [2.24, 2.45) is 4.99 Å². The van der Waals surface area contributed by atoms with Crippen molar-refractivity contribution in [3.05, 3.63) is 56.8 Å². The van der Waals surface area contributed by atoms with Gasteiger partial charge in [0.05, 0.1) is 16.3 Å². The van der Waals surface area contributed by atoms with Gasteiger partial charge in [-0.1, -0.05) is 29.3 Å². The zero-order chi connectivity index (χ0) is 15.5. The second-order valence-electron chi connectivity index (χ2n) is 4.61. The molecule has 1 atom stereocenters. The van der Waals surface area contributed by atoms with Crippen LogP contribution in [-0.4, -0.2) is 28.6 Å². The molecule has 1 aromatic carbocycles. The third-order valence-corrected chi connectivity index (χ3v) is 6.68. The molecule has 2 heterocycles. The Balaban J connectivity index is 1.91. The van der Waals surface area contributed by atoms with Gasteiger partial charge in [0.15, 0.2) is 0 Å². The molecule has 0 unspecified atom stereocenters. The molecule has 114 valence electrons. The number of allylic oxidation sites excluding steroid dienone is 1. The summed E-state index contributed by atoms with van der Waals surface area (Å²) in [5.74, 6) is 0.969. The number of nitrogens with zero attached hydrogens (tertiary/aromatic N) is 3. The normalized spacial score (nSPS) is 20.8. The van der Waals surface area contributed by atoms with Gasteiger partial charge in [-0.2, -0.15) is 0 Å². The number of aliphatic imine (C=N–C) groups is 1. The number of hydrogen-bond acceptors (Lipinski definition) is 4. The van der Waals surface area contributed by atoms with Crippen molar-refractivity contribution in [1.82, 2.24) is 9.55 Å². The lowest BCUT2D eigenvalue weighted by molar-refractivity contribution is 1.11. The van der Waals surface area contributed by atoms with Gasteiger partial charge in [0.25, 0.3) is 0 Å². The Kier molecular flexibility index (Phi) is 5.18. The Morgan fingerprint density at radius 3 is 3.00 bits per heavy atom. The molecule has 1 saturated heterocycles. The van der Waals surface area contributed by atoms with E-state index >= 15 is 0 Å². The first-order chi connectivity index (χ1) is 10.7. The van der Waals surface area contributed by atoms with Crippen molar-refractivity contribution in [3.63, 3.8) is 0 Å². The number of halogens is 2. The highest BCUT2D eigenvalue weighted by Gasteiger charge is 2.27. The number of aromatic nitrogens is 2. The lowest BCUT2D eigenvalue weighted by atomic mass is 10.2. The van der Waals surface area contributed by atoms with Gasteiger partial charge < -0.3 is 4.57 Å². The standard InChI is InChI=1S/C15H13Cl2N3S2/c1-18-7-13(20-5-4-19-9-20)15-21-8-14(22-15)11-3-2-10(16)6-12(11)17/h2-7,9,14H,8H2,1H3/b15-13+,18-7?/t14-/m0/s1. The molecule has 0 spiro atoms. The lowest BCUT2D eigenvalue weighted by Gasteiger charge is -2.11. The minimum atomic E-state index is 0.313. The highest BCUT2D eigenvalue weighted by atomic mass is 35.5. The predicted molar refractivity (Wildman–Crippen MR) is 99.1 cm³/mol. The summed E-state index contributed by atoms with van der Waals surface area (Å²) < 4.78 is 3.20. The topological polar surface area (TPSA) is 30.2 Å². The summed E-state index contributed by atoms with van der Waals surface area (Å²) in [4.78, 5) is 8.27. The van der Waals surface area contributed by atoms with Crippen LogP contribution in [0.1, 0.15) is 10.8 Å². The van der Waals surface area contributed by atoms with Crippen LogP contribution in [0.3, 0.4) is 0 Å². The van der Waals surface area contributed by atoms with E-state index in [0.29, 0.717) is 10.3 Å². The van der Waals surface area contributed by atoms with Crippen LogP contribution in [-0.2, 0) is 0 Å². The van der Waals surface area contributed by atoms with Crippen molar-refractivity contribution in [2.75, 3.05) is 12.8 Å². The van der Waals surface area contributed by atoms with Gasteiger partial charge in [-0.3, -0.25) is 4.99 Å². The molecule has 3 rings (SSSR count). The van der Waals surface area contributed by atoms with Crippen LogP contribution in [0.2, 0.25) is 10.0 Å². The number of imidazole rings is 1. The number of hydrogen-bond donors (Lipinski definition) is 0. The van der Waals surface area contributed by atoms with E-state index < -0.39 is 0 Å². The average Bonchev–Trinajstić information content (AvgIpc) is 3.16. The second kappa shape index (κ2) is 7.13. The summed E-state index contributed by atoms with van der Waals surface area (Å²) in [6.07, 6.45) is 7.34. The van der Waals surface area contributed by atoms with Gasteiger partial charge in [0, 0.05) is 46.7 Å². The summed E-state index contributed by atoms with van der Waals surface area (Å²) in [7, 11) is 1.77. The molecule has 0 saturated carbocycles. The van der Waals surface area contributed by atoms with Crippen LogP contribution < -0.4 is 0 Å². The average molecular weight is 370 g/mol. The molecule has 2 aromatic rings. The molecule has 1 aromatic heterocycles. The van der Waals surface area contributed by atoms with E-state index in [1.165, 1.54) is 4.24 Å². The van der Waals surface area contributed by atoms with Gasteiger partial charge in [-0.05, 0) is 17.7 Å². The molecule has 0 N–H and O–H groups in total. The zero-order valence-electron chi connectivity index (χ0n) is 11.7. The first-order valence-electron chi connectivity index (χ1n) is 6.58. The third kappa shape index (κ3) is 3.38. The van der Waals surface area contributed by atoms with Crippen LogP contribution in [0.5, 0.6) is 0 Å². The van der Waals surface area contributed by atoms with E-state index in [1.54, 1.807) is 37.4 Å². The van der Waals surface area contributed by atoms with Crippen molar-refractivity contribution >= 4 is 58.6 Å². The SMILES string of the molecule is CN=C/C(=C1/SC[C@@H](c2ccc(Cl)cc2Cl)S1)n1ccnc1. The highest BCUT2D eigenvalue weighted by Crippen LogP contribution is 2.53. The minimum absolute atomic E-state index is 0.313. The molecule has 0 aliphatic carbocycles. The largest absolute Gasteiger partial charge is 0.303 e. The zero-order valence-corrected chi connectivity index (χ0v) is 14.9. The van der Waals surface area contributed by atoms with Crippen molar-refractivity contribution in [3.8, 4) is 0 Å².